The van der Waals surface area contributed by atoms with Crippen molar-refractivity contribution >= 4 is 35.1 Å². The molecule has 0 amide bonds. The minimum absolute atomic E-state index is 0.0422. The molecule has 3 saturated carbocycles. The summed E-state index contributed by atoms with van der Waals surface area (Å²) in [7, 11) is 0. The van der Waals surface area contributed by atoms with E-state index in [0.29, 0.717) is 19.3 Å². The fourth-order valence-electron chi connectivity index (χ4n) is 7.92. The Balaban J connectivity index is 1.75. The average molecular weight is 526 g/mol. The predicted octanol–water partition coefficient (Wildman–Crippen LogP) is 4.09. The van der Waals surface area contributed by atoms with Crippen molar-refractivity contribution in [2.75, 3.05) is 6.61 Å². The van der Waals surface area contributed by atoms with E-state index in [0.717, 1.165) is 5.57 Å². The standard InChI is InChI=1S/C28H37ClO7/c1-6-23(33)35-15-22(32)28(36-24(34)7-2)16(3)12-20-19-9-8-17-13-18(30)10-11-25(17,4)27(19,29)21(31)14-26(20,28)5/h10-11,13,16,19-21,31H,6-9,12,14-15H2,1-5H3/t16-,19-,20-,21-,25-,26-,27-,28-/m0/s1/i1D3,6D2. The third-order valence-electron chi connectivity index (χ3n) is 9.60. The van der Waals surface area contributed by atoms with E-state index >= 15 is 0 Å². The summed E-state index contributed by atoms with van der Waals surface area (Å²) in [5.74, 6) is -4.62. The molecule has 7 nitrogen and oxygen atoms in total. The largest absolute Gasteiger partial charge is 0.457 e. The maximum Gasteiger partial charge on any atom is 0.306 e. The number of alkyl halides is 1. The van der Waals surface area contributed by atoms with Crippen molar-refractivity contribution in [1.29, 1.82) is 0 Å². The number of rotatable bonds is 6. The third kappa shape index (κ3) is 3.48. The van der Waals surface area contributed by atoms with Crippen LogP contribution in [0.15, 0.2) is 23.8 Å². The molecule has 198 valence electrons. The van der Waals surface area contributed by atoms with Crippen LogP contribution < -0.4 is 0 Å². The summed E-state index contributed by atoms with van der Waals surface area (Å²) in [6.07, 6.45) is 1.61. The molecule has 8 heteroatoms. The highest BCUT2D eigenvalue weighted by Gasteiger charge is 2.76. The van der Waals surface area contributed by atoms with Gasteiger partial charge in [0.05, 0.1) is 11.0 Å². The molecule has 4 rings (SSSR count). The second kappa shape index (κ2) is 9.09. The van der Waals surface area contributed by atoms with E-state index in [2.05, 4.69) is 0 Å². The molecule has 0 saturated heterocycles. The summed E-state index contributed by atoms with van der Waals surface area (Å²) >= 11 is 7.46. The molecular formula is C28H37ClO7. The fourth-order valence-corrected chi connectivity index (χ4v) is 8.45. The van der Waals surface area contributed by atoms with Crippen molar-refractivity contribution in [2.45, 2.75) is 89.6 Å². The van der Waals surface area contributed by atoms with Gasteiger partial charge < -0.3 is 14.6 Å². The first-order chi connectivity index (χ1) is 18.7. The van der Waals surface area contributed by atoms with Gasteiger partial charge in [-0.2, -0.15) is 0 Å². The number of ether oxygens (including phenoxy) is 2. The highest BCUT2D eigenvalue weighted by atomic mass is 35.5. The van der Waals surface area contributed by atoms with Gasteiger partial charge in [0.15, 0.2) is 18.0 Å². The van der Waals surface area contributed by atoms with Crippen LogP contribution in [0.1, 0.15) is 79.9 Å². The van der Waals surface area contributed by atoms with Crippen molar-refractivity contribution in [3.63, 3.8) is 0 Å². The lowest BCUT2D eigenvalue weighted by molar-refractivity contribution is -0.203. The molecule has 4 aliphatic rings. The van der Waals surface area contributed by atoms with Crippen LogP contribution in [0.4, 0.5) is 0 Å². The van der Waals surface area contributed by atoms with Gasteiger partial charge >= 0.3 is 11.9 Å². The molecule has 4 aliphatic carbocycles. The maximum absolute atomic E-state index is 14.1. The lowest BCUT2D eigenvalue weighted by atomic mass is 9.45. The zero-order chi connectivity index (χ0) is 31.0. The van der Waals surface area contributed by atoms with Crippen LogP contribution in [0.3, 0.4) is 0 Å². The van der Waals surface area contributed by atoms with Gasteiger partial charge in [-0.15, -0.1) is 11.6 Å². The van der Waals surface area contributed by atoms with Gasteiger partial charge in [0.1, 0.15) is 0 Å². The Morgan fingerprint density at radius 2 is 2.00 bits per heavy atom. The van der Waals surface area contributed by atoms with Crippen molar-refractivity contribution in [3.8, 4) is 0 Å². The highest BCUT2D eigenvalue weighted by molar-refractivity contribution is 6.26. The average Bonchev–Trinajstić information content (AvgIpc) is 3.09. The summed E-state index contributed by atoms with van der Waals surface area (Å²) < 4.78 is 48.2. The van der Waals surface area contributed by atoms with Crippen molar-refractivity contribution in [1.82, 2.24) is 0 Å². The Kier molecular flexibility index (Phi) is 5.30. The van der Waals surface area contributed by atoms with Gasteiger partial charge in [-0.1, -0.05) is 46.2 Å². The van der Waals surface area contributed by atoms with Crippen LogP contribution in [0.5, 0.6) is 0 Å². The van der Waals surface area contributed by atoms with E-state index in [1.54, 1.807) is 32.9 Å². The first kappa shape index (κ1) is 21.0. The number of allylic oxidation sites excluding steroid dienone is 4. The molecule has 0 heterocycles. The van der Waals surface area contributed by atoms with Gasteiger partial charge in [0.2, 0.25) is 5.78 Å². The Morgan fingerprint density at radius 1 is 1.28 bits per heavy atom. The first-order valence-electron chi connectivity index (χ1n) is 15.0. The minimum Gasteiger partial charge on any atom is -0.457 e. The van der Waals surface area contributed by atoms with Crippen molar-refractivity contribution < 1.29 is 40.6 Å². The van der Waals surface area contributed by atoms with E-state index in [-0.39, 0.29) is 30.5 Å². The molecule has 0 unspecified atom stereocenters. The number of Topliss-reactive ketones (excluding diaryl/α,β-unsaturated/α-hetero) is 1. The molecular weight excluding hydrogens is 484 g/mol. The van der Waals surface area contributed by atoms with Gasteiger partial charge in [0.25, 0.3) is 0 Å². The molecule has 1 N–H and O–H groups in total. The third-order valence-corrected chi connectivity index (χ3v) is 10.5. The maximum atomic E-state index is 14.1. The smallest absolute Gasteiger partial charge is 0.306 e. The van der Waals surface area contributed by atoms with E-state index in [4.69, 9.17) is 27.9 Å². The summed E-state index contributed by atoms with van der Waals surface area (Å²) in [5.41, 5.74) is -3.01. The van der Waals surface area contributed by atoms with Gasteiger partial charge in [-0.25, -0.2) is 0 Å². The van der Waals surface area contributed by atoms with Crippen LogP contribution in [0.25, 0.3) is 0 Å². The Morgan fingerprint density at radius 3 is 2.67 bits per heavy atom. The zero-order valence-electron chi connectivity index (χ0n) is 26.1. The summed E-state index contributed by atoms with van der Waals surface area (Å²) in [6.45, 7) is 2.64. The van der Waals surface area contributed by atoms with Gasteiger partial charge in [0, 0.05) is 36.4 Å². The molecule has 36 heavy (non-hydrogen) atoms. The summed E-state index contributed by atoms with van der Waals surface area (Å²) in [5, 5.41) is 11.8. The Bertz CT molecular complexity index is 1230. The second-order valence-electron chi connectivity index (χ2n) is 11.1. The fraction of sp³-hybridized carbons (Fsp3) is 0.714. The normalized spacial score (nSPS) is 45.9. The number of carbonyl (C=O) groups is 4. The number of ketones is 2. The molecule has 8 atom stereocenters. The van der Waals surface area contributed by atoms with Crippen LogP contribution in [-0.4, -0.2) is 51.8 Å². The topological polar surface area (TPSA) is 107 Å². The van der Waals surface area contributed by atoms with E-state index in [1.807, 2.05) is 6.92 Å². The molecule has 0 aliphatic heterocycles. The molecule has 0 bridgehead atoms. The molecule has 0 aromatic carbocycles. The number of aliphatic hydroxyl groups excluding tert-OH is 1. The Labute approximate surface area is 224 Å². The minimum atomic E-state index is -3.36. The number of hydrogen-bond donors (Lipinski definition) is 1. The van der Waals surface area contributed by atoms with Crippen molar-refractivity contribution in [3.05, 3.63) is 23.8 Å². The number of halogens is 1. The van der Waals surface area contributed by atoms with E-state index in [1.165, 1.54) is 6.08 Å². The molecule has 0 aromatic rings. The van der Waals surface area contributed by atoms with Crippen molar-refractivity contribution in [2.24, 2.45) is 28.6 Å². The number of carbonyl (C=O) groups excluding carboxylic acids is 4. The predicted molar refractivity (Wildman–Crippen MR) is 133 cm³/mol. The monoisotopic (exact) mass is 525 g/mol. The molecule has 3 fully saturated rings. The summed E-state index contributed by atoms with van der Waals surface area (Å²) in [4.78, 5) is 50.2. The van der Waals surface area contributed by atoms with E-state index in [9.17, 15) is 24.3 Å². The van der Waals surface area contributed by atoms with Gasteiger partial charge in [-0.3, -0.25) is 19.2 Å². The van der Waals surface area contributed by atoms with Crippen LogP contribution in [-0.2, 0) is 28.7 Å². The van der Waals surface area contributed by atoms with Crippen LogP contribution in [0, 0.1) is 28.6 Å². The van der Waals surface area contributed by atoms with E-state index < -0.39 is 70.9 Å². The SMILES string of the molecule is [2H]C([2H])([2H])C([2H])([2H])C(=O)OCC(=O)[C@@]1(OC(=O)CC)[C@@H](C)C[C@H]2[C@@H]3CCC4=CC(=O)C=C[C@]4(C)[C@@]3(Cl)[C@@H](O)C[C@@]21C. The quantitative estimate of drug-likeness (QED) is 0.411. The number of hydrogen-bond acceptors (Lipinski definition) is 7. The molecule has 0 radical (unpaired) electrons. The lowest BCUT2D eigenvalue weighted by Gasteiger charge is -2.64. The number of esters is 2. The lowest BCUT2D eigenvalue weighted by Crippen LogP contribution is -2.69. The molecule has 0 spiro atoms. The molecule has 0 aromatic heterocycles. The van der Waals surface area contributed by atoms with Gasteiger partial charge in [-0.05, 0) is 49.7 Å². The summed E-state index contributed by atoms with van der Waals surface area (Å²) in [6, 6.07) is 0. The second-order valence-corrected chi connectivity index (χ2v) is 11.7. The number of fused-ring (bicyclic) bond motifs is 5. The Hall–Kier alpha value is -1.99. The number of aliphatic hydroxyl groups is 1. The zero-order valence-corrected chi connectivity index (χ0v) is 21.8. The van der Waals surface area contributed by atoms with Crippen LogP contribution >= 0.6 is 11.6 Å². The van der Waals surface area contributed by atoms with Crippen LogP contribution in [0.2, 0.25) is 0 Å². The first-order valence-corrected chi connectivity index (χ1v) is 12.9. The highest BCUT2D eigenvalue weighted by Crippen LogP contribution is 2.72.